The Morgan fingerprint density at radius 3 is 2.35 bits per heavy atom. The van der Waals surface area contributed by atoms with Gasteiger partial charge in [-0.2, -0.15) is 0 Å². The summed E-state index contributed by atoms with van der Waals surface area (Å²) in [5, 5.41) is 9.47. The van der Waals surface area contributed by atoms with Crippen molar-refractivity contribution < 1.29 is 4.74 Å². The number of aromatic nitrogens is 3. The molecule has 0 saturated carbocycles. The van der Waals surface area contributed by atoms with E-state index in [0.29, 0.717) is 12.5 Å². The third-order valence-corrected chi connectivity index (χ3v) is 5.42. The second-order valence-electron chi connectivity index (χ2n) is 6.74. The molecule has 0 unspecified atom stereocenters. The summed E-state index contributed by atoms with van der Waals surface area (Å²) in [7, 11) is 1.98. The molecule has 1 heterocycles. The van der Waals surface area contributed by atoms with Gasteiger partial charge in [-0.15, -0.1) is 10.2 Å². The Morgan fingerprint density at radius 2 is 1.69 bits per heavy atom. The first-order valence-corrected chi connectivity index (χ1v) is 9.81. The molecule has 1 aromatic heterocycles. The summed E-state index contributed by atoms with van der Waals surface area (Å²) >= 11 is 1.69. The van der Waals surface area contributed by atoms with Crippen LogP contribution in [0.4, 0.5) is 0 Å². The third-order valence-electron chi connectivity index (χ3n) is 4.33. The van der Waals surface area contributed by atoms with Gasteiger partial charge < -0.3 is 9.30 Å². The van der Waals surface area contributed by atoms with Crippen LogP contribution >= 0.6 is 11.8 Å². The molecule has 0 fully saturated rings. The molecule has 5 heteroatoms. The van der Waals surface area contributed by atoms with E-state index in [0.717, 1.165) is 22.5 Å². The Morgan fingerprint density at radius 1 is 1.00 bits per heavy atom. The van der Waals surface area contributed by atoms with Gasteiger partial charge in [-0.1, -0.05) is 67.6 Å². The van der Waals surface area contributed by atoms with Crippen LogP contribution in [0, 0.1) is 6.92 Å². The molecule has 0 atom stereocenters. The summed E-state index contributed by atoms with van der Waals surface area (Å²) in [6.45, 7) is 6.88. The number of rotatable bonds is 7. The van der Waals surface area contributed by atoms with Gasteiger partial charge in [0, 0.05) is 12.8 Å². The first-order chi connectivity index (χ1) is 12.5. The summed E-state index contributed by atoms with van der Waals surface area (Å²) in [4.78, 5) is 0. The number of ether oxygens (including phenoxy) is 1. The Labute approximate surface area is 159 Å². The zero-order chi connectivity index (χ0) is 18.5. The highest BCUT2D eigenvalue weighted by molar-refractivity contribution is 7.98. The largest absolute Gasteiger partial charge is 0.486 e. The van der Waals surface area contributed by atoms with Crippen molar-refractivity contribution in [2.45, 2.75) is 44.2 Å². The molecule has 26 heavy (non-hydrogen) atoms. The van der Waals surface area contributed by atoms with Crippen molar-refractivity contribution in [1.29, 1.82) is 0 Å². The molecule has 3 aromatic rings. The Balaban J connectivity index is 1.57. The smallest absolute Gasteiger partial charge is 0.191 e. The predicted octanol–water partition coefficient (Wildman–Crippen LogP) is 5.12. The molecule has 2 aromatic carbocycles. The minimum absolute atomic E-state index is 0.412. The molecule has 0 N–H and O–H groups in total. The van der Waals surface area contributed by atoms with Crippen LogP contribution in [-0.4, -0.2) is 14.8 Å². The van der Waals surface area contributed by atoms with Gasteiger partial charge in [0.2, 0.25) is 0 Å². The summed E-state index contributed by atoms with van der Waals surface area (Å²) in [5.41, 5.74) is 3.87. The molecular formula is C21H25N3OS. The molecule has 0 radical (unpaired) electrons. The Hall–Kier alpha value is -2.27. The van der Waals surface area contributed by atoms with Crippen LogP contribution in [0.1, 0.15) is 42.3 Å². The molecule has 0 amide bonds. The fraction of sp³-hybridized carbons (Fsp3) is 0.333. The zero-order valence-electron chi connectivity index (χ0n) is 15.8. The van der Waals surface area contributed by atoms with E-state index in [1.165, 1.54) is 16.7 Å². The average molecular weight is 368 g/mol. The number of hydrogen-bond donors (Lipinski definition) is 0. The first-order valence-electron chi connectivity index (χ1n) is 8.82. The SMILES string of the molecule is Cc1ccc(CSc2nnc(COc3ccc(C(C)C)cc3)n2C)cc1. The van der Waals surface area contributed by atoms with Gasteiger partial charge in [0.1, 0.15) is 12.4 Å². The van der Waals surface area contributed by atoms with Gasteiger partial charge in [0.25, 0.3) is 0 Å². The normalized spacial score (nSPS) is 11.1. The fourth-order valence-electron chi connectivity index (χ4n) is 2.53. The maximum atomic E-state index is 5.86. The van der Waals surface area contributed by atoms with Crippen LogP contribution in [0.15, 0.2) is 53.7 Å². The van der Waals surface area contributed by atoms with Gasteiger partial charge in [-0.05, 0) is 36.1 Å². The van der Waals surface area contributed by atoms with Crippen LogP contribution in [-0.2, 0) is 19.4 Å². The van der Waals surface area contributed by atoms with E-state index in [2.05, 4.69) is 67.4 Å². The van der Waals surface area contributed by atoms with Crippen molar-refractivity contribution in [2.24, 2.45) is 7.05 Å². The predicted molar refractivity (Wildman–Crippen MR) is 107 cm³/mol. The molecule has 0 aliphatic heterocycles. The number of aryl methyl sites for hydroxylation is 1. The monoisotopic (exact) mass is 367 g/mol. The lowest BCUT2D eigenvalue weighted by Gasteiger charge is -2.09. The lowest BCUT2D eigenvalue weighted by molar-refractivity contribution is 0.290. The van der Waals surface area contributed by atoms with Crippen LogP contribution in [0.25, 0.3) is 0 Å². The van der Waals surface area contributed by atoms with Gasteiger partial charge in [-0.25, -0.2) is 0 Å². The van der Waals surface area contributed by atoms with Crippen molar-refractivity contribution in [2.75, 3.05) is 0 Å². The molecular weight excluding hydrogens is 342 g/mol. The molecule has 0 bridgehead atoms. The number of nitrogens with zero attached hydrogens (tertiary/aromatic N) is 3. The fourth-order valence-corrected chi connectivity index (χ4v) is 3.41. The molecule has 0 aliphatic carbocycles. The number of thioether (sulfide) groups is 1. The lowest BCUT2D eigenvalue weighted by Crippen LogP contribution is -2.04. The van der Waals surface area contributed by atoms with Gasteiger partial charge in [0.05, 0.1) is 0 Å². The summed E-state index contributed by atoms with van der Waals surface area (Å²) in [5.74, 6) is 3.08. The van der Waals surface area contributed by atoms with Gasteiger partial charge in [-0.3, -0.25) is 0 Å². The van der Waals surface area contributed by atoms with Crippen molar-refractivity contribution in [3.8, 4) is 5.75 Å². The van der Waals surface area contributed by atoms with Gasteiger partial charge in [0.15, 0.2) is 11.0 Å². The average Bonchev–Trinajstić information content (AvgIpc) is 3.00. The molecule has 0 aliphatic rings. The maximum Gasteiger partial charge on any atom is 0.191 e. The number of hydrogen-bond acceptors (Lipinski definition) is 4. The summed E-state index contributed by atoms with van der Waals surface area (Å²) in [6.07, 6.45) is 0. The van der Waals surface area contributed by atoms with Crippen LogP contribution in [0.3, 0.4) is 0 Å². The van der Waals surface area contributed by atoms with E-state index in [9.17, 15) is 0 Å². The molecule has 0 spiro atoms. The Bertz CT molecular complexity index is 839. The Kier molecular flexibility index (Phi) is 5.99. The van der Waals surface area contributed by atoms with E-state index in [-0.39, 0.29) is 0 Å². The highest BCUT2D eigenvalue weighted by atomic mass is 32.2. The highest BCUT2D eigenvalue weighted by Crippen LogP contribution is 2.22. The second kappa shape index (κ2) is 8.41. The van der Waals surface area contributed by atoms with Crippen molar-refractivity contribution in [1.82, 2.24) is 14.8 Å². The van der Waals surface area contributed by atoms with Crippen LogP contribution in [0.5, 0.6) is 5.75 Å². The minimum Gasteiger partial charge on any atom is -0.486 e. The molecule has 136 valence electrons. The topological polar surface area (TPSA) is 39.9 Å². The van der Waals surface area contributed by atoms with Crippen molar-refractivity contribution in [3.05, 3.63) is 71.0 Å². The second-order valence-corrected chi connectivity index (χ2v) is 7.69. The summed E-state index contributed by atoms with van der Waals surface area (Å²) in [6, 6.07) is 16.8. The first kappa shape index (κ1) is 18.5. The zero-order valence-corrected chi connectivity index (χ0v) is 16.6. The lowest BCUT2D eigenvalue weighted by atomic mass is 10.0. The van der Waals surface area contributed by atoms with Crippen LogP contribution in [0.2, 0.25) is 0 Å². The van der Waals surface area contributed by atoms with Crippen LogP contribution < -0.4 is 4.74 Å². The standard InChI is InChI=1S/C21H25N3OS/c1-15(2)18-9-11-19(12-10-18)25-13-20-22-23-21(24(20)4)26-14-17-7-5-16(3)6-8-17/h5-12,15H,13-14H2,1-4H3. The number of benzene rings is 2. The molecule has 3 rings (SSSR count). The van der Waals surface area contributed by atoms with E-state index < -0.39 is 0 Å². The van der Waals surface area contributed by atoms with E-state index >= 15 is 0 Å². The third kappa shape index (κ3) is 4.67. The summed E-state index contributed by atoms with van der Waals surface area (Å²) < 4.78 is 7.87. The molecule has 4 nitrogen and oxygen atoms in total. The van der Waals surface area contributed by atoms with E-state index in [4.69, 9.17) is 4.74 Å². The van der Waals surface area contributed by atoms with Crippen molar-refractivity contribution in [3.63, 3.8) is 0 Å². The molecule has 0 saturated heterocycles. The van der Waals surface area contributed by atoms with E-state index in [1.54, 1.807) is 11.8 Å². The highest BCUT2D eigenvalue weighted by Gasteiger charge is 2.10. The van der Waals surface area contributed by atoms with E-state index in [1.807, 2.05) is 23.7 Å². The van der Waals surface area contributed by atoms with Gasteiger partial charge >= 0.3 is 0 Å². The maximum absolute atomic E-state index is 5.86. The van der Waals surface area contributed by atoms with Crippen molar-refractivity contribution >= 4 is 11.8 Å². The minimum atomic E-state index is 0.412. The quantitative estimate of drug-likeness (QED) is 0.544.